The third kappa shape index (κ3) is 5.18. The molecule has 94 valence electrons. The average Bonchev–Trinajstić information content (AvgIpc) is 2.71. The monoisotopic (exact) mass is 243 g/mol. The second kappa shape index (κ2) is 8.83. The number of hydrogen-bond acceptors (Lipinski definition) is 0. The van der Waals surface area contributed by atoms with Crippen molar-refractivity contribution < 1.29 is 16.9 Å². The van der Waals surface area contributed by atoms with E-state index in [1.165, 1.54) is 51.6 Å². The van der Waals surface area contributed by atoms with Gasteiger partial charge in [0.05, 0.1) is 13.1 Å². The molecule has 0 amide bonds. The van der Waals surface area contributed by atoms with Crippen LogP contribution in [-0.2, 0) is 0 Å². The van der Waals surface area contributed by atoms with Crippen molar-refractivity contribution in [3.05, 3.63) is 24.6 Å². The molecule has 1 nitrogen and oxygen atoms in total. The van der Waals surface area contributed by atoms with E-state index in [-0.39, 0.29) is 12.4 Å². The van der Waals surface area contributed by atoms with Crippen molar-refractivity contribution >= 4 is 0 Å². The Labute approximate surface area is 107 Å². The van der Waals surface area contributed by atoms with E-state index in [1.54, 1.807) is 0 Å². The quantitative estimate of drug-likeness (QED) is 0.445. The lowest BCUT2D eigenvalue weighted by molar-refractivity contribution is -0.826. The van der Waals surface area contributed by atoms with Gasteiger partial charge in [-0.15, -0.1) is 0 Å². The molecule has 0 saturated heterocycles. The van der Waals surface area contributed by atoms with Gasteiger partial charge in [-0.2, -0.15) is 0 Å². The Morgan fingerprint density at radius 3 is 1.88 bits per heavy atom. The highest BCUT2D eigenvalue weighted by Crippen LogP contribution is 2.19. The fraction of sp³-hybridized carbons (Fsp3) is 0.714. The van der Waals surface area contributed by atoms with E-state index in [1.807, 2.05) is 0 Å². The van der Waals surface area contributed by atoms with E-state index in [2.05, 4.69) is 38.4 Å². The van der Waals surface area contributed by atoms with E-state index < -0.39 is 0 Å². The minimum absolute atomic E-state index is 0. The molecular weight excluding hydrogens is 218 g/mol. The summed E-state index contributed by atoms with van der Waals surface area (Å²) in [5.41, 5.74) is 0. The highest BCUT2D eigenvalue weighted by molar-refractivity contribution is 5.03. The summed E-state index contributed by atoms with van der Waals surface area (Å²) >= 11 is 0. The van der Waals surface area contributed by atoms with Crippen LogP contribution in [-0.4, -0.2) is 17.6 Å². The van der Waals surface area contributed by atoms with Gasteiger partial charge < -0.3 is 12.4 Å². The molecule has 0 unspecified atom stereocenters. The highest BCUT2D eigenvalue weighted by Gasteiger charge is 2.22. The Balaban J connectivity index is 0.00000225. The van der Waals surface area contributed by atoms with Gasteiger partial charge >= 0.3 is 0 Å². The van der Waals surface area contributed by atoms with Gasteiger partial charge in [0.2, 0.25) is 0 Å². The summed E-state index contributed by atoms with van der Waals surface area (Å²) in [6.07, 6.45) is 17.3. The number of hydrogen-bond donors (Lipinski definition) is 0. The molecule has 16 heavy (non-hydrogen) atoms. The predicted molar refractivity (Wildman–Crippen MR) is 67.3 cm³/mol. The Morgan fingerprint density at radius 1 is 0.750 bits per heavy atom. The molecule has 0 aromatic rings. The predicted octanol–water partition coefficient (Wildman–Crippen LogP) is 1.23. The van der Waals surface area contributed by atoms with Crippen molar-refractivity contribution in [1.82, 2.24) is 0 Å². The molecule has 0 aromatic heterocycles. The molecule has 1 heterocycles. The first kappa shape index (κ1) is 15.7. The molecule has 0 aromatic carbocycles. The smallest absolute Gasteiger partial charge is 0.101 e. The van der Waals surface area contributed by atoms with Crippen LogP contribution in [0.2, 0.25) is 0 Å². The van der Waals surface area contributed by atoms with Crippen molar-refractivity contribution in [3.63, 3.8) is 0 Å². The molecule has 0 atom stereocenters. The third-order valence-corrected chi connectivity index (χ3v) is 3.23. The van der Waals surface area contributed by atoms with Crippen LogP contribution in [0.5, 0.6) is 0 Å². The maximum atomic E-state index is 2.36. The van der Waals surface area contributed by atoms with Crippen LogP contribution in [0.1, 0.15) is 52.4 Å². The SMILES string of the molecule is CCCCCC[N+]1(CCCC)C=CC=C1.[Cl-]. The lowest BCUT2D eigenvalue weighted by Gasteiger charge is -2.29. The average molecular weight is 244 g/mol. The Kier molecular flexibility index (Phi) is 8.68. The van der Waals surface area contributed by atoms with Crippen molar-refractivity contribution in [2.24, 2.45) is 0 Å². The number of nitrogens with zero attached hydrogens (tertiary/aromatic N) is 1. The number of allylic oxidation sites excluding steroid dienone is 2. The lowest BCUT2D eigenvalue weighted by atomic mass is 10.2. The van der Waals surface area contributed by atoms with Crippen LogP contribution in [0, 0.1) is 0 Å². The summed E-state index contributed by atoms with van der Waals surface area (Å²) in [5.74, 6) is 0. The normalized spacial score (nSPS) is 16.4. The number of quaternary nitrogens is 1. The maximum absolute atomic E-state index is 2.36. The van der Waals surface area contributed by atoms with Crippen LogP contribution < -0.4 is 12.4 Å². The van der Waals surface area contributed by atoms with Crippen LogP contribution in [0.4, 0.5) is 0 Å². The Morgan fingerprint density at radius 2 is 1.31 bits per heavy atom. The van der Waals surface area contributed by atoms with Gasteiger partial charge in [-0.3, -0.25) is 4.48 Å². The van der Waals surface area contributed by atoms with Crippen molar-refractivity contribution in [1.29, 1.82) is 0 Å². The van der Waals surface area contributed by atoms with Gasteiger partial charge in [-0.1, -0.05) is 33.1 Å². The van der Waals surface area contributed by atoms with Crippen molar-refractivity contribution in [2.45, 2.75) is 52.4 Å². The number of unbranched alkanes of at least 4 members (excludes halogenated alkanes) is 4. The van der Waals surface area contributed by atoms with Gasteiger partial charge in [-0.05, 0) is 31.4 Å². The van der Waals surface area contributed by atoms with E-state index in [4.69, 9.17) is 0 Å². The van der Waals surface area contributed by atoms with E-state index in [9.17, 15) is 0 Å². The molecule has 0 fully saturated rings. The summed E-state index contributed by atoms with van der Waals surface area (Å²) < 4.78 is 1.11. The number of rotatable bonds is 8. The molecule has 0 N–H and O–H groups in total. The fourth-order valence-electron chi connectivity index (χ4n) is 2.19. The minimum Gasteiger partial charge on any atom is -1.00 e. The molecule has 0 spiro atoms. The first-order chi connectivity index (χ1) is 7.33. The molecule has 1 aliphatic rings. The fourth-order valence-corrected chi connectivity index (χ4v) is 2.19. The second-order valence-electron chi connectivity index (χ2n) is 4.65. The minimum atomic E-state index is 0. The molecule has 0 radical (unpaired) electrons. The molecule has 2 heteroatoms. The summed E-state index contributed by atoms with van der Waals surface area (Å²) in [4.78, 5) is 0. The molecule has 0 bridgehead atoms. The molecule has 1 aliphatic heterocycles. The van der Waals surface area contributed by atoms with Crippen molar-refractivity contribution in [3.8, 4) is 0 Å². The van der Waals surface area contributed by atoms with Gasteiger partial charge in [0, 0.05) is 0 Å². The number of halogens is 1. The maximum Gasteiger partial charge on any atom is 0.101 e. The molecule has 0 aliphatic carbocycles. The van der Waals surface area contributed by atoms with Crippen LogP contribution >= 0.6 is 0 Å². The van der Waals surface area contributed by atoms with Gasteiger partial charge in [-0.25, -0.2) is 0 Å². The second-order valence-corrected chi connectivity index (χ2v) is 4.65. The third-order valence-electron chi connectivity index (χ3n) is 3.23. The summed E-state index contributed by atoms with van der Waals surface area (Å²) in [6.45, 7) is 7.14. The zero-order valence-corrected chi connectivity index (χ0v) is 11.5. The standard InChI is InChI=1S/C14H26N.ClH/c1-3-5-7-8-12-15(11-6-4-2)13-9-10-14-15;/h9-10,13-14H,3-8,11-12H2,1-2H3;1H/q+1;/p-1. The van der Waals surface area contributed by atoms with Crippen molar-refractivity contribution in [2.75, 3.05) is 13.1 Å². The van der Waals surface area contributed by atoms with Crippen LogP contribution in [0.25, 0.3) is 0 Å². The van der Waals surface area contributed by atoms with E-state index in [0.29, 0.717) is 0 Å². The van der Waals surface area contributed by atoms with E-state index in [0.717, 1.165) is 4.48 Å². The topological polar surface area (TPSA) is 0 Å². The first-order valence-corrected chi connectivity index (χ1v) is 6.56. The first-order valence-electron chi connectivity index (χ1n) is 6.56. The molecule has 0 saturated carbocycles. The van der Waals surface area contributed by atoms with Crippen LogP contribution in [0.3, 0.4) is 0 Å². The van der Waals surface area contributed by atoms with E-state index >= 15 is 0 Å². The van der Waals surface area contributed by atoms with Gasteiger partial charge in [0.15, 0.2) is 0 Å². The van der Waals surface area contributed by atoms with Crippen LogP contribution in [0.15, 0.2) is 24.6 Å². The largest absolute Gasteiger partial charge is 1.00 e. The zero-order valence-electron chi connectivity index (χ0n) is 10.8. The summed E-state index contributed by atoms with van der Waals surface area (Å²) in [7, 11) is 0. The molecule has 1 rings (SSSR count). The van der Waals surface area contributed by atoms with Gasteiger partial charge in [0.25, 0.3) is 0 Å². The summed E-state index contributed by atoms with van der Waals surface area (Å²) in [6, 6.07) is 0. The lowest BCUT2D eigenvalue weighted by Crippen LogP contribution is -3.00. The summed E-state index contributed by atoms with van der Waals surface area (Å²) in [5, 5.41) is 0. The highest BCUT2D eigenvalue weighted by atomic mass is 35.5. The van der Waals surface area contributed by atoms with Gasteiger partial charge in [0.1, 0.15) is 12.4 Å². The Bertz CT molecular complexity index is 209. The Hall–Kier alpha value is -0.270. The zero-order chi connectivity index (χ0) is 11.0. The molecular formula is C14H26ClN.